The lowest BCUT2D eigenvalue weighted by Crippen LogP contribution is -2.43. The van der Waals surface area contributed by atoms with E-state index in [0.717, 1.165) is 38.8 Å². The number of nitrogens with zero attached hydrogens (tertiary/aromatic N) is 2. The van der Waals surface area contributed by atoms with Crippen LogP contribution in [0.3, 0.4) is 0 Å². The Hall–Kier alpha value is -2.17. The lowest BCUT2D eigenvalue weighted by atomic mass is 10.0. The number of aliphatic hydroxyl groups excluding tert-OH is 2. The summed E-state index contributed by atoms with van der Waals surface area (Å²) in [6.07, 6.45) is 5.88. The van der Waals surface area contributed by atoms with Crippen molar-refractivity contribution in [2.45, 2.75) is 86.5 Å². The highest BCUT2D eigenvalue weighted by Gasteiger charge is 2.23. The molecule has 2 aliphatic rings. The van der Waals surface area contributed by atoms with E-state index in [0.29, 0.717) is 36.7 Å². The van der Waals surface area contributed by atoms with Crippen LogP contribution in [0, 0.1) is 0 Å². The van der Waals surface area contributed by atoms with E-state index < -0.39 is 22.0 Å². The first kappa shape index (κ1) is 29.8. The minimum Gasteiger partial charge on any atom is -0.491 e. The minimum atomic E-state index is -3.71. The molecule has 2 aromatic carbocycles. The Labute approximate surface area is 233 Å². The molecule has 2 saturated heterocycles. The second kappa shape index (κ2) is 13.9. The molecule has 0 unspecified atom stereocenters. The summed E-state index contributed by atoms with van der Waals surface area (Å²) in [6, 6.07) is 13.5. The van der Waals surface area contributed by atoms with Crippen LogP contribution < -0.4 is 9.47 Å². The van der Waals surface area contributed by atoms with Crippen molar-refractivity contribution in [3.63, 3.8) is 0 Å². The fourth-order valence-electron chi connectivity index (χ4n) is 5.46. The number of hydrogen-bond acceptors (Lipinski definition) is 8. The van der Waals surface area contributed by atoms with Crippen LogP contribution in [0.2, 0.25) is 0 Å². The molecule has 2 aromatic rings. The molecule has 2 aliphatic heterocycles. The predicted molar refractivity (Wildman–Crippen MR) is 151 cm³/mol. The summed E-state index contributed by atoms with van der Waals surface area (Å²) in [5.41, 5.74) is 0. The quantitative estimate of drug-likeness (QED) is 0.405. The summed E-state index contributed by atoms with van der Waals surface area (Å²) in [5, 5.41) is 20.8. The van der Waals surface area contributed by atoms with E-state index in [9.17, 15) is 18.6 Å². The maximum absolute atomic E-state index is 13.1. The van der Waals surface area contributed by atoms with E-state index >= 15 is 0 Å². The van der Waals surface area contributed by atoms with Gasteiger partial charge in [-0.2, -0.15) is 0 Å². The van der Waals surface area contributed by atoms with E-state index in [2.05, 4.69) is 23.6 Å². The number of rotatable bonds is 12. The normalized spacial score (nSPS) is 22.8. The van der Waals surface area contributed by atoms with Crippen molar-refractivity contribution in [1.82, 2.24) is 9.80 Å². The summed E-state index contributed by atoms with van der Waals surface area (Å²) in [7, 11) is -3.71. The average Bonchev–Trinajstić information content (AvgIpc) is 2.94. The SMILES string of the molecule is C[C@@H]1CCCCN1C[C@H](O)COc1ccc(S(=O)(=O)c2ccc(OC[C@@H](O)CN3CCCC[C@H]3C)cc2)cc1. The average molecular weight is 561 g/mol. The van der Waals surface area contributed by atoms with Gasteiger partial charge in [-0.3, -0.25) is 9.80 Å². The van der Waals surface area contributed by atoms with Gasteiger partial charge in [0.25, 0.3) is 0 Å². The molecule has 8 nitrogen and oxygen atoms in total. The largest absolute Gasteiger partial charge is 0.491 e. The molecule has 4 rings (SSSR count). The standard InChI is InChI=1S/C30H44N2O6S/c1-23-7-3-5-17-31(23)19-25(33)21-37-27-9-13-29(14-10-27)39(35,36)30-15-11-28(12-16-30)38-22-26(34)20-32-18-6-4-8-24(32)2/h9-16,23-26,33-34H,3-8,17-22H2,1-2H3/t23-,24-,25+,26+/m1/s1. The summed E-state index contributed by atoms with van der Waals surface area (Å²) < 4.78 is 37.7. The first-order valence-electron chi connectivity index (χ1n) is 14.3. The number of hydrogen-bond donors (Lipinski definition) is 2. The highest BCUT2D eigenvalue weighted by molar-refractivity contribution is 7.91. The van der Waals surface area contributed by atoms with Crippen LogP contribution in [-0.4, -0.2) is 92.1 Å². The van der Waals surface area contributed by atoms with Crippen molar-refractivity contribution in [2.75, 3.05) is 39.4 Å². The van der Waals surface area contributed by atoms with E-state index in [1.807, 2.05) is 0 Å². The highest BCUT2D eigenvalue weighted by atomic mass is 32.2. The van der Waals surface area contributed by atoms with Crippen molar-refractivity contribution in [1.29, 1.82) is 0 Å². The van der Waals surface area contributed by atoms with Crippen molar-refractivity contribution < 1.29 is 28.1 Å². The molecule has 216 valence electrons. The summed E-state index contributed by atoms with van der Waals surface area (Å²) in [5.74, 6) is 1.03. The van der Waals surface area contributed by atoms with Gasteiger partial charge in [-0.1, -0.05) is 12.8 Å². The topological polar surface area (TPSA) is 99.5 Å². The zero-order chi connectivity index (χ0) is 27.8. The molecule has 0 aromatic heterocycles. The Balaban J connectivity index is 1.25. The first-order valence-corrected chi connectivity index (χ1v) is 15.8. The van der Waals surface area contributed by atoms with E-state index in [-0.39, 0.29) is 23.0 Å². The molecule has 0 spiro atoms. The second-order valence-electron chi connectivity index (χ2n) is 11.1. The number of aliphatic hydroxyl groups is 2. The third kappa shape index (κ3) is 8.41. The Kier molecular flexibility index (Phi) is 10.7. The van der Waals surface area contributed by atoms with Gasteiger partial charge in [0.15, 0.2) is 0 Å². The summed E-state index contributed by atoms with van der Waals surface area (Å²) in [6.45, 7) is 7.83. The Morgan fingerprint density at radius 3 is 1.46 bits per heavy atom. The lowest BCUT2D eigenvalue weighted by Gasteiger charge is -2.34. The zero-order valence-electron chi connectivity index (χ0n) is 23.2. The van der Waals surface area contributed by atoms with Crippen LogP contribution in [0.5, 0.6) is 11.5 Å². The van der Waals surface area contributed by atoms with Gasteiger partial charge in [0, 0.05) is 25.2 Å². The predicted octanol–water partition coefficient (Wildman–Crippen LogP) is 3.75. The molecule has 2 fully saturated rings. The van der Waals surface area contributed by atoms with Crippen LogP contribution in [0.1, 0.15) is 52.4 Å². The number of sulfone groups is 1. The van der Waals surface area contributed by atoms with Gasteiger partial charge in [0.05, 0.1) is 9.79 Å². The molecule has 39 heavy (non-hydrogen) atoms. The van der Waals surface area contributed by atoms with Crippen LogP contribution in [0.15, 0.2) is 58.3 Å². The van der Waals surface area contributed by atoms with Crippen LogP contribution in [0.4, 0.5) is 0 Å². The molecule has 2 N–H and O–H groups in total. The molecule has 0 aliphatic carbocycles. The number of β-amino-alcohol motifs (C(OH)–C–C–N with tert-alkyl or cyclic N) is 2. The van der Waals surface area contributed by atoms with Gasteiger partial charge >= 0.3 is 0 Å². The first-order chi connectivity index (χ1) is 18.7. The molecule has 0 bridgehead atoms. The van der Waals surface area contributed by atoms with E-state index in [1.165, 1.54) is 37.1 Å². The molecular weight excluding hydrogens is 516 g/mol. The number of likely N-dealkylation sites (tertiary alicyclic amines) is 2. The third-order valence-electron chi connectivity index (χ3n) is 7.92. The number of benzene rings is 2. The summed E-state index contributed by atoms with van der Waals surface area (Å²) >= 11 is 0. The van der Waals surface area contributed by atoms with Gasteiger partial charge in [0.1, 0.15) is 36.9 Å². The van der Waals surface area contributed by atoms with Crippen molar-refractivity contribution in [2.24, 2.45) is 0 Å². The maximum Gasteiger partial charge on any atom is 0.206 e. The monoisotopic (exact) mass is 560 g/mol. The smallest absolute Gasteiger partial charge is 0.206 e. The van der Waals surface area contributed by atoms with Gasteiger partial charge in [0.2, 0.25) is 9.84 Å². The maximum atomic E-state index is 13.1. The molecular formula is C30H44N2O6S. The fourth-order valence-corrected chi connectivity index (χ4v) is 6.72. The number of piperidine rings is 2. The van der Waals surface area contributed by atoms with Crippen molar-refractivity contribution in [3.8, 4) is 11.5 Å². The number of ether oxygens (including phenoxy) is 2. The van der Waals surface area contributed by atoms with Crippen molar-refractivity contribution >= 4 is 9.84 Å². The fraction of sp³-hybridized carbons (Fsp3) is 0.600. The summed E-state index contributed by atoms with van der Waals surface area (Å²) in [4.78, 5) is 4.92. The highest BCUT2D eigenvalue weighted by Crippen LogP contribution is 2.25. The zero-order valence-corrected chi connectivity index (χ0v) is 24.1. The minimum absolute atomic E-state index is 0.155. The van der Waals surface area contributed by atoms with Crippen LogP contribution in [0.25, 0.3) is 0 Å². The Morgan fingerprint density at radius 2 is 1.10 bits per heavy atom. The van der Waals surface area contributed by atoms with Crippen LogP contribution >= 0.6 is 0 Å². The second-order valence-corrected chi connectivity index (χ2v) is 13.0. The molecule has 0 radical (unpaired) electrons. The molecule has 0 amide bonds. The van der Waals surface area contributed by atoms with Gasteiger partial charge < -0.3 is 19.7 Å². The molecule has 4 atom stereocenters. The molecule has 2 heterocycles. The Morgan fingerprint density at radius 1 is 0.718 bits per heavy atom. The van der Waals surface area contributed by atoms with Crippen LogP contribution in [-0.2, 0) is 9.84 Å². The van der Waals surface area contributed by atoms with E-state index in [1.54, 1.807) is 24.3 Å². The molecule has 9 heteroatoms. The van der Waals surface area contributed by atoms with Crippen molar-refractivity contribution in [3.05, 3.63) is 48.5 Å². The van der Waals surface area contributed by atoms with Gasteiger partial charge in [-0.05, 0) is 101 Å². The molecule has 0 saturated carbocycles. The lowest BCUT2D eigenvalue weighted by molar-refractivity contribution is 0.0437. The Bertz CT molecular complexity index is 1040. The van der Waals surface area contributed by atoms with Gasteiger partial charge in [-0.15, -0.1) is 0 Å². The third-order valence-corrected chi connectivity index (χ3v) is 9.71. The van der Waals surface area contributed by atoms with Gasteiger partial charge in [-0.25, -0.2) is 8.42 Å². The van der Waals surface area contributed by atoms with E-state index in [4.69, 9.17) is 9.47 Å².